The summed E-state index contributed by atoms with van der Waals surface area (Å²) in [6.07, 6.45) is 0. The first-order valence-corrected chi connectivity index (χ1v) is 8.51. The molecule has 0 aliphatic carbocycles. The van der Waals surface area contributed by atoms with E-state index in [9.17, 15) is 14.2 Å². The van der Waals surface area contributed by atoms with Gasteiger partial charge in [-0.3, -0.25) is 10.2 Å². The number of nitrogens with one attached hydrogen (secondary N) is 2. The quantitative estimate of drug-likeness (QED) is 0.580. The molecule has 1 aliphatic heterocycles. The van der Waals surface area contributed by atoms with Crippen LogP contribution >= 0.6 is 0 Å². The fourth-order valence-corrected chi connectivity index (χ4v) is 3.09. The molecule has 136 valence electrons. The first-order valence-electron chi connectivity index (χ1n) is 8.51. The van der Waals surface area contributed by atoms with Crippen molar-refractivity contribution in [2.24, 2.45) is 5.41 Å². The Labute approximate surface area is 152 Å². The highest BCUT2D eigenvalue weighted by Gasteiger charge is 2.32. The standard InChI is InChI=1S/C19H22BFN2O3/c1-19(2,3)17(12-7-5-4-6-8-12)22-23-18(24)13-9-10-15-14(16(13)21)11-26-20(15)25/h4-10,17,22,25H,11H2,1-3H3,(H,23,24). The molecule has 26 heavy (non-hydrogen) atoms. The zero-order valence-electron chi connectivity index (χ0n) is 15.0. The zero-order chi connectivity index (χ0) is 18.9. The van der Waals surface area contributed by atoms with Crippen LogP contribution in [0.5, 0.6) is 0 Å². The summed E-state index contributed by atoms with van der Waals surface area (Å²) in [7, 11) is -1.14. The lowest BCUT2D eigenvalue weighted by molar-refractivity contribution is 0.0903. The molecule has 1 aliphatic rings. The van der Waals surface area contributed by atoms with Crippen LogP contribution in [0.4, 0.5) is 4.39 Å². The van der Waals surface area contributed by atoms with E-state index < -0.39 is 18.8 Å². The molecule has 2 aromatic carbocycles. The van der Waals surface area contributed by atoms with Crippen LogP contribution < -0.4 is 16.3 Å². The van der Waals surface area contributed by atoms with E-state index >= 15 is 0 Å². The predicted molar refractivity (Wildman–Crippen MR) is 98.0 cm³/mol. The van der Waals surface area contributed by atoms with Gasteiger partial charge in [0.1, 0.15) is 5.82 Å². The lowest BCUT2D eigenvalue weighted by atomic mass is 9.79. The van der Waals surface area contributed by atoms with Crippen molar-refractivity contribution >= 4 is 18.5 Å². The first kappa shape index (κ1) is 18.6. The van der Waals surface area contributed by atoms with Crippen LogP contribution in [0.25, 0.3) is 0 Å². The molecule has 0 spiro atoms. The smallest absolute Gasteiger partial charge is 0.423 e. The second-order valence-electron chi connectivity index (χ2n) is 7.47. The number of hydrazine groups is 1. The van der Waals surface area contributed by atoms with Crippen molar-refractivity contribution in [2.45, 2.75) is 33.4 Å². The molecule has 0 fully saturated rings. The number of benzene rings is 2. The van der Waals surface area contributed by atoms with Gasteiger partial charge in [0, 0.05) is 5.56 Å². The number of rotatable bonds is 4. The topological polar surface area (TPSA) is 70.6 Å². The Hall–Kier alpha value is -2.22. The van der Waals surface area contributed by atoms with Crippen molar-refractivity contribution < 1.29 is 18.9 Å². The highest BCUT2D eigenvalue weighted by molar-refractivity contribution is 6.61. The molecule has 0 saturated heterocycles. The van der Waals surface area contributed by atoms with Gasteiger partial charge in [-0.2, -0.15) is 0 Å². The summed E-state index contributed by atoms with van der Waals surface area (Å²) in [6, 6.07) is 12.5. The van der Waals surface area contributed by atoms with E-state index in [4.69, 9.17) is 4.65 Å². The molecule has 2 aromatic rings. The maximum absolute atomic E-state index is 14.6. The fourth-order valence-electron chi connectivity index (χ4n) is 3.09. The number of carbonyl (C=O) groups excluding carboxylic acids is 1. The minimum atomic E-state index is -1.14. The Balaban J connectivity index is 1.78. The van der Waals surface area contributed by atoms with Gasteiger partial charge >= 0.3 is 7.12 Å². The summed E-state index contributed by atoms with van der Waals surface area (Å²) in [5, 5.41) is 9.63. The monoisotopic (exact) mass is 356 g/mol. The van der Waals surface area contributed by atoms with Gasteiger partial charge < -0.3 is 9.68 Å². The van der Waals surface area contributed by atoms with Gasteiger partial charge in [-0.15, -0.1) is 0 Å². The summed E-state index contributed by atoms with van der Waals surface area (Å²) in [4.78, 5) is 12.5. The highest BCUT2D eigenvalue weighted by Crippen LogP contribution is 2.32. The van der Waals surface area contributed by atoms with Crippen molar-refractivity contribution in [3.8, 4) is 0 Å². The lowest BCUT2D eigenvalue weighted by Crippen LogP contribution is -2.45. The van der Waals surface area contributed by atoms with E-state index in [0.717, 1.165) is 5.56 Å². The van der Waals surface area contributed by atoms with Crippen LogP contribution in [0.3, 0.4) is 0 Å². The first-order chi connectivity index (χ1) is 12.3. The fraction of sp³-hybridized carbons (Fsp3) is 0.316. The molecular weight excluding hydrogens is 334 g/mol. The average Bonchev–Trinajstić information content (AvgIpc) is 2.97. The van der Waals surface area contributed by atoms with Gasteiger partial charge in [0.05, 0.1) is 18.2 Å². The summed E-state index contributed by atoms with van der Waals surface area (Å²) >= 11 is 0. The highest BCUT2D eigenvalue weighted by atomic mass is 19.1. The van der Waals surface area contributed by atoms with Crippen LogP contribution in [0.2, 0.25) is 0 Å². The number of fused-ring (bicyclic) bond motifs is 1. The number of halogens is 1. The number of amides is 1. The SMILES string of the molecule is CC(C)(C)C(NNC(=O)c1ccc2c(c1F)COB2O)c1ccccc1. The minimum Gasteiger partial charge on any atom is -0.423 e. The van der Waals surface area contributed by atoms with E-state index in [1.54, 1.807) is 0 Å². The van der Waals surface area contributed by atoms with Gasteiger partial charge in [0.25, 0.3) is 5.91 Å². The third kappa shape index (κ3) is 3.65. The van der Waals surface area contributed by atoms with Gasteiger partial charge in [-0.05, 0) is 22.5 Å². The molecule has 0 saturated carbocycles. The molecule has 0 aromatic heterocycles. The van der Waals surface area contributed by atoms with E-state index in [1.807, 2.05) is 30.3 Å². The number of hydrogen-bond donors (Lipinski definition) is 3. The number of hydrogen-bond acceptors (Lipinski definition) is 4. The Morgan fingerprint density at radius 3 is 2.58 bits per heavy atom. The molecule has 0 bridgehead atoms. The van der Waals surface area contributed by atoms with Crippen molar-refractivity contribution in [1.82, 2.24) is 10.9 Å². The van der Waals surface area contributed by atoms with Crippen molar-refractivity contribution in [1.29, 1.82) is 0 Å². The Kier molecular flexibility index (Phi) is 5.13. The molecular formula is C19H22BFN2O3. The second kappa shape index (κ2) is 7.19. The summed E-state index contributed by atoms with van der Waals surface area (Å²) in [6.45, 7) is 6.11. The third-order valence-electron chi connectivity index (χ3n) is 4.50. The van der Waals surface area contributed by atoms with Gasteiger partial charge in [0.2, 0.25) is 0 Å². The zero-order valence-corrected chi connectivity index (χ0v) is 15.0. The second-order valence-corrected chi connectivity index (χ2v) is 7.47. The minimum absolute atomic E-state index is 0.0501. The van der Waals surface area contributed by atoms with Crippen LogP contribution in [0, 0.1) is 11.2 Å². The summed E-state index contributed by atoms with van der Waals surface area (Å²) < 4.78 is 19.6. The third-order valence-corrected chi connectivity index (χ3v) is 4.50. The summed E-state index contributed by atoms with van der Waals surface area (Å²) in [5.74, 6) is -1.23. The number of carbonyl (C=O) groups is 1. The molecule has 1 atom stereocenters. The molecule has 5 nitrogen and oxygen atoms in total. The van der Waals surface area contributed by atoms with Crippen LogP contribution in [-0.4, -0.2) is 18.0 Å². The molecule has 0 radical (unpaired) electrons. The normalized spacial score (nSPS) is 14.9. The van der Waals surface area contributed by atoms with Gasteiger partial charge in [0.15, 0.2) is 0 Å². The van der Waals surface area contributed by atoms with E-state index in [0.29, 0.717) is 5.46 Å². The predicted octanol–water partition coefficient (Wildman–Crippen LogP) is 2.07. The van der Waals surface area contributed by atoms with E-state index in [2.05, 4.69) is 31.6 Å². The van der Waals surface area contributed by atoms with E-state index in [1.165, 1.54) is 12.1 Å². The molecule has 1 unspecified atom stereocenters. The Morgan fingerprint density at radius 2 is 1.92 bits per heavy atom. The van der Waals surface area contributed by atoms with Crippen molar-refractivity contribution in [2.75, 3.05) is 0 Å². The van der Waals surface area contributed by atoms with E-state index in [-0.39, 0.29) is 29.2 Å². The Bertz CT molecular complexity index is 808. The Morgan fingerprint density at radius 1 is 1.23 bits per heavy atom. The van der Waals surface area contributed by atoms with Gasteiger partial charge in [-0.25, -0.2) is 9.82 Å². The molecule has 3 N–H and O–H groups in total. The summed E-state index contributed by atoms with van der Waals surface area (Å²) in [5.41, 5.74) is 6.99. The van der Waals surface area contributed by atoms with Crippen LogP contribution in [0.1, 0.15) is 48.3 Å². The van der Waals surface area contributed by atoms with Gasteiger partial charge in [-0.1, -0.05) is 57.2 Å². The molecule has 3 rings (SSSR count). The largest absolute Gasteiger partial charge is 0.491 e. The lowest BCUT2D eigenvalue weighted by Gasteiger charge is -2.32. The van der Waals surface area contributed by atoms with Crippen LogP contribution in [-0.2, 0) is 11.3 Å². The van der Waals surface area contributed by atoms with Crippen molar-refractivity contribution in [3.63, 3.8) is 0 Å². The maximum atomic E-state index is 14.6. The maximum Gasteiger partial charge on any atom is 0.491 e. The van der Waals surface area contributed by atoms with Crippen LogP contribution in [0.15, 0.2) is 42.5 Å². The molecule has 1 amide bonds. The molecule has 1 heterocycles. The van der Waals surface area contributed by atoms with Crippen molar-refractivity contribution in [3.05, 3.63) is 65.0 Å². The molecule has 7 heteroatoms. The average molecular weight is 356 g/mol.